The van der Waals surface area contributed by atoms with Crippen molar-refractivity contribution >= 4 is 28.7 Å². The first-order chi connectivity index (χ1) is 11.3. The average Bonchev–Trinajstić information content (AvgIpc) is 2.85. The van der Waals surface area contributed by atoms with Gasteiger partial charge in [-0.2, -0.15) is 5.10 Å². The molecule has 0 aliphatic carbocycles. The van der Waals surface area contributed by atoms with Gasteiger partial charge in [0.05, 0.1) is 29.1 Å². The van der Waals surface area contributed by atoms with Crippen LogP contribution < -0.4 is 5.32 Å². The van der Waals surface area contributed by atoms with E-state index in [9.17, 15) is 19.5 Å². The number of para-hydroxylation sites is 1. The second kappa shape index (κ2) is 5.74. The summed E-state index contributed by atoms with van der Waals surface area (Å²) in [6.07, 6.45) is 0.687. The number of nitrogens with one attached hydrogen (secondary N) is 1. The molecule has 2 heterocycles. The van der Waals surface area contributed by atoms with Gasteiger partial charge in [-0.3, -0.25) is 24.4 Å². The number of aromatic nitrogens is 2. The van der Waals surface area contributed by atoms with Gasteiger partial charge in [-0.25, -0.2) is 0 Å². The highest BCUT2D eigenvalue weighted by Gasteiger charge is 2.33. The molecule has 2 amide bonds. The van der Waals surface area contributed by atoms with E-state index in [-0.39, 0.29) is 24.8 Å². The minimum Gasteiger partial charge on any atom is -0.481 e. The quantitative estimate of drug-likeness (QED) is 0.831. The third-order valence-electron chi connectivity index (χ3n) is 4.38. The molecule has 1 aliphatic rings. The van der Waals surface area contributed by atoms with Gasteiger partial charge < -0.3 is 5.11 Å². The number of imide groups is 1. The summed E-state index contributed by atoms with van der Waals surface area (Å²) in [5, 5.41) is 17.1. The van der Waals surface area contributed by atoms with Crippen LogP contribution in [-0.2, 0) is 20.9 Å². The summed E-state index contributed by atoms with van der Waals surface area (Å²) in [4.78, 5) is 35.0. The zero-order valence-corrected chi connectivity index (χ0v) is 13.6. The monoisotopic (exact) mass is 329 g/mol. The van der Waals surface area contributed by atoms with E-state index < -0.39 is 17.3 Å². The molecule has 1 fully saturated rings. The van der Waals surface area contributed by atoms with E-state index in [1.807, 2.05) is 24.3 Å². The molecule has 1 aromatic heterocycles. The van der Waals surface area contributed by atoms with Crippen LogP contribution in [0.2, 0.25) is 0 Å². The van der Waals surface area contributed by atoms with Gasteiger partial charge >= 0.3 is 5.97 Å². The van der Waals surface area contributed by atoms with Gasteiger partial charge in [-0.15, -0.1) is 0 Å². The van der Waals surface area contributed by atoms with Crippen LogP contribution in [-0.4, -0.2) is 32.7 Å². The van der Waals surface area contributed by atoms with Gasteiger partial charge in [0.25, 0.3) is 0 Å². The van der Waals surface area contributed by atoms with Gasteiger partial charge in [0.15, 0.2) is 0 Å². The van der Waals surface area contributed by atoms with Crippen molar-refractivity contribution in [1.82, 2.24) is 15.1 Å². The lowest BCUT2D eigenvalue weighted by molar-refractivity contribution is -0.147. The van der Waals surface area contributed by atoms with Crippen LogP contribution in [0.1, 0.15) is 38.3 Å². The molecular formula is C17H19N3O4. The fraction of sp³-hybridized carbons (Fsp3) is 0.412. The summed E-state index contributed by atoms with van der Waals surface area (Å²) >= 11 is 0. The smallest absolute Gasteiger partial charge is 0.310 e. The largest absolute Gasteiger partial charge is 0.481 e. The number of benzene rings is 1. The number of amides is 2. The number of piperidine rings is 1. The van der Waals surface area contributed by atoms with Crippen molar-refractivity contribution in [2.75, 3.05) is 0 Å². The summed E-state index contributed by atoms with van der Waals surface area (Å²) in [5.41, 5.74) is 0.389. The lowest BCUT2D eigenvalue weighted by atomic mass is 9.93. The van der Waals surface area contributed by atoms with Gasteiger partial charge in [-0.1, -0.05) is 18.2 Å². The Hall–Kier alpha value is -2.70. The van der Waals surface area contributed by atoms with Crippen LogP contribution in [0.5, 0.6) is 0 Å². The van der Waals surface area contributed by atoms with Crippen molar-refractivity contribution in [2.45, 2.75) is 39.2 Å². The molecule has 2 N–H and O–H groups in total. The van der Waals surface area contributed by atoms with Crippen molar-refractivity contribution < 1.29 is 19.5 Å². The van der Waals surface area contributed by atoms with E-state index in [4.69, 9.17) is 0 Å². The molecule has 7 nitrogen and oxygen atoms in total. The molecule has 24 heavy (non-hydrogen) atoms. The molecule has 0 radical (unpaired) electrons. The Labute approximate surface area is 138 Å². The number of carboxylic acids is 1. The maximum absolute atomic E-state index is 12.2. The SMILES string of the molecule is CC(C)(Cn1nc(C2CCC(=O)NC2=O)c2ccccc21)C(=O)O. The molecule has 1 aliphatic heterocycles. The Bertz CT molecular complexity index is 837. The van der Waals surface area contributed by atoms with Gasteiger partial charge in [-0.05, 0) is 26.3 Å². The van der Waals surface area contributed by atoms with E-state index in [1.54, 1.807) is 18.5 Å². The van der Waals surface area contributed by atoms with E-state index in [1.165, 1.54) is 0 Å². The molecule has 7 heteroatoms. The topological polar surface area (TPSA) is 101 Å². The second-order valence-corrected chi connectivity index (χ2v) is 6.75. The van der Waals surface area contributed by atoms with Crippen molar-refractivity contribution in [3.63, 3.8) is 0 Å². The van der Waals surface area contributed by atoms with Crippen LogP contribution in [0.3, 0.4) is 0 Å². The highest BCUT2D eigenvalue weighted by molar-refractivity contribution is 6.02. The predicted octanol–water partition coefficient (Wildman–Crippen LogP) is 1.67. The van der Waals surface area contributed by atoms with Gasteiger partial charge in [0.1, 0.15) is 0 Å². The number of hydrogen-bond acceptors (Lipinski definition) is 4. The van der Waals surface area contributed by atoms with Crippen molar-refractivity contribution in [3.8, 4) is 0 Å². The Morgan fingerprint density at radius 2 is 2.08 bits per heavy atom. The highest BCUT2D eigenvalue weighted by atomic mass is 16.4. The number of hydrogen-bond donors (Lipinski definition) is 2. The first-order valence-electron chi connectivity index (χ1n) is 7.82. The van der Waals surface area contributed by atoms with Crippen LogP contribution in [0, 0.1) is 5.41 Å². The molecule has 1 aromatic carbocycles. The van der Waals surface area contributed by atoms with E-state index in [0.717, 1.165) is 10.9 Å². The van der Waals surface area contributed by atoms with Gasteiger partial charge in [0, 0.05) is 11.8 Å². The van der Waals surface area contributed by atoms with E-state index in [2.05, 4.69) is 10.4 Å². The molecule has 126 valence electrons. The molecular weight excluding hydrogens is 310 g/mol. The Kier molecular flexibility index (Phi) is 3.87. The first kappa shape index (κ1) is 16.2. The number of nitrogens with zero attached hydrogens (tertiary/aromatic N) is 2. The lowest BCUT2D eigenvalue weighted by Crippen LogP contribution is -2.39. The molecule has 0 bridgehead atoms. The van der Waals surface area contributed by atoms with E-state index in [0.29, 0.717) is 12.1 Å². The van der Waals surface area contributed by atoms with Crippen LogP contribution >= 0.6 is 0 Å². The summed E-state index contributed by atoms with van der Waals surface area (Å²) in [5.74, 6) is -2.03. The lowest BCUT2D eigenvalue weighted by Gasteiger charge is -2.20. The normalized spacial score (nSPS) is 18.7. The minimum absolute atomic E-state index is 0.191. The van der Waals surface area contributed by atoms with Crippen molar-refractivity contribution in [3.05, 3.63) is 30.0 Å². The van der Waals surface area contributed by atoms with Crippen LogP contribution in [0.15, 0.2) is 24.3 Å². The van der Waals surface area contributed by atoms with Crippen LogP contribution in [0.25, 0.3) is 10.9 Å². The highest BCUT2D eigenvalue weighted by Crippen LogP contribution is 2.31. The molecule has 0 spiro atoms. The fourth-order valence-corrected chi connectivity index (χ4v) is 2.93. The molecule has 1 atom stereocenters. The van der Waals surface area contributed by atoms with Crippen molar-refractivity contribution in [2.24, 2.45) is 5.41 Å². The summed E-state index contributed by atoms with van der Waals surface area (Å²) < 4.78 is 1.64. The Morgan fingerprint density at radius 3 is 2.75 bits per heavy atom. The molecule has 2 aromatic rings. The molecule has 1 unspecified atom stereocenters. The Morgan fingerprint density at radius 1 is 1.38 bits per heavy atom. The summed E-state index contributed by atoms with van der Waals surface area (Å²) in [6.45, 7) is 3.46. The molecule has 1 saturated heterocycles. The fourth-order valence-electron chi connectivity index (χ4n) is 2.93. The number of fused-ring (bicyclic) bond motifs is 1. The Balaban J connectivity index is 2.05. The molecule has 3 rings (SSSR count). The zero-order chi connectivity index (χ0) is 17.5. The third-order valence-corrected chi connectivity index (χ3v) is 4.38. The number of carbonyl (C=O) groups excluding carboxylic acids is 2. The number of rotatable bonds is 4. The number of carboxylic acid groups (broad SMARTS) is 1. The van der Waals surface area contributed by atoms with Crippen LogP contribution in [0.4, 0.5) is 0 Å². The van der Waals surface area contributed by atoms with Gasteiger partial charge in [0.2, 0.25) is 11.8 Å². The first-order valence-corrected chi connectivity index (χ1v) is 7.82. The summed E-state index contributed by atoms with van der Waals surface area (Å²) in [6, 6.07) is 7.43. The maximum Gasteiger partial charge on any atom is 0.310 e. The van der Waals surface area contributed by atoms with Crippen molar-refractivity contribution in [1.29, 1.82) is 0 Å². The number of carbonyl (C=O) groups is 3. The minimum atomic E-state index is -0.989. The number of aliphatic carboxylic acids is 1. The third kappa shape index (κ3) is 2.77. The average molecular weight is 329 g/mol. The predicted molar refractivity (Wildman–Crippen MR) is 86.3 cm³/mol. The second-order valence-electron chi connectivity index (χ2n) is 6.75. The maximum atomic E-state index is 12.2. The summed E-state index contributed by atoms with van der Waals surface area (Å²) in [7, 11) is 0. The standard InChI is InChI=1S/C17H19N3O4/c1-17(2,16(23)24)9-20-12-6-4-3-5-10(12)14(19-20)11-7-8-13(21)18-15(11)22/h3-6,11H,7-9H2,1-2H3,(H,23,24)(H,18,21,22). The van der Waals surface area contributed by atoms with E-state index >= 15 is 0 Å². The zero-order valence-electron chi connectivity index (χ0n) is 13.6. The molecule has 0 saturated carbocycles.